The average Bonchev–Trinajstić information content (AvgIpc) is 2.25. The number of ether oxygens (including phenoxy) is 1. The van der Waals surface area contributed by atoms with Gasteiger partial charge in [-0.15, -0.1) is 0 Å². The molecule has 8 nitrogen and oxygen atoms in total. The lowest BCUT2D eigenvalue weighted by molar-refractivity contribution is -0.387. The van der Waals surface area contributed by atoms with Crippen molar-refractivity contribution in [2.75, 3.05) is 0 Å². The van der Waals surface area contributed by atoms with Crippen molar-refractivity contribution < 1.29 is 22.9 Å². The highest BCUT2D eigenvalue weighted by Gasteiger charge is 2.28. The zero-order valence-corrected chi connectivity index (χ0v) is 11.9. The van der Waals surface area contributed by atoms with E-state index in [4.69, 9.17) is 4.74 Å². The van der Waals surface area contributed by atoms with E-state index in [1.165, 1.54) is 12.1 Å². The molecule has 0 aliphatic heterocycles. The third-order valence-electron chi connectivity index (χ3n) is 1.97. The Hall–Kier alpha value is -2.16. The summed E-state index contributed by atoms with van der Waals surface area (Å²) in [6.45, 7) is 4.68. The largest absolute Gasteiger partial charge is 0.443 e. The van der Waals surface area contributed by atoms with Crippen LogP contribution in [0.4, 0.5) is 10.5 Å². The number of nitro groups is 1. The highest BCUT2D eigenvalue weighted by molar-refractivity contribution is 7.90. The van der Waals surface area contributed by atoms with Crippen LogP contribution in [0.2, 0.25) is 0 Å². The number of benzene rings is 1. The van der Waals surface area contributed by atoms with E-state index in [0.717, 1.165) is 12.1 Å². The molecule has 0 aliphatic rings. The summed E-state index contributed by atoms with van der Waals surface area (Å²) < 4.78 is 30.3. The Kier molecular flexibility index (Phi) is 4.33. The number of hydrogen-bond acceptors (Lipinski definition) is 6. The quantitative estimate of drug-likeness (QED) is 0.517. The fourth-order valence-electron chi connectivity index (χ4n) is 1.30. The maximum atomic E-state index is 11.9. The van der Waals surface area contributed by atoms with Gasteiger partial charge in [0.1, 0.15) is 5.60 Å². The second-order valence-electron chi connectivity index (χ2n) is 4.83. The van der Waals surface area contributed by atoms with Gasteiger partial charge in [-0.1, -0.05) is 12.1 Å². The van der Waals surface area contributed by atoms with E-state index in [-0.39, 0.29) is 0 Å². The third-order valence-corrected chi connectivity index (χ3v) is 3.33. The second-order valence-corrected chi connectivity index (χ2v) is 6.48. The molecule has 1 aromatic carbocycles. The van der Waals surface area contributed by atoms with Crippen LogP contribution in [-0.4, -0.2) is 25.0 Å². The fourth-order valence-corrected chi connectivity index (χ4v) is 2.35. The molecule has 20 heavy (non-hydrogen) atoms. The first kappa shape index (κ1) is 15.9. The second kappa shape index (κ2) is 5.45. The van der Waals surface area contributed by atoms with Crippen LogP contribution in [-0.2, 0) is 14.8 Å². The molecule has 0 fully saturated rings. The summed E-state index contributed by atoms with van der Waals surface area (Å²) in [5.41, 5.74) is -1.51. The number of hydrogen-bond donors (Lipinski definition) is 1. The highest BCUT2D eigenvalue weighted by atomic mass is 32.2. The summed E-state index contributed by atoms with van der Waals surface area (Å²) >= 11 is 0. The van der Waals surface area contributed by atoms with Crippen LogP contribution in [0.3, 0.4) is 0 Å². The Balaban J connectivity index is 3.07. The molecule has 1 aromatic rings. The van der Waals surface area contributed by atoms with Crippen LogP contribution in [0.25, 0.3) is 0 Å². The number of amides is 1. The van der Waals surface area contributed by atoms with E-state index in [0.29, 0.717) is 0 Å². The average molecular weight is 303 g/mol. The SMILES string of the molecule is CC(C)(C)OC(=O)[15NH]S(=O)(=O)c1ccccc1[N+](=O)[O-]. The number of carbonyl (C=O) groups excluding carboxylic acids is 1. The fraction of sp³-hybridized carbons (Fsp3) is 0.364. The standard InChI is InChI=1S/C11H14N2O6S/c1-11(2,3)19-10(14)12-20(17,18)9-7-5-4-6-8(9)13(15)16/h4-7H,1-3H3,(H,12,14)/i12+1. The van der Waals surface area contributed by atoms with Crippen LogP contribution in [0.1, 0.15) is 20.8 Å². The molecule has 1 rings (SSSR count). The molecule has 0 aromatic heterocycles. The molecule has 0 radical (unpaired) electrons. The minimum absolute atomic E-state index is 0.601. The summed E-state index contributed by atoms with van der Waals surface area (Å²) in [4.78, 5) is 20.8. The lowest BCUT2D eigenvalue weighted by atomic mass is 10.2. The van der Waals surface area contributed by atoms with Crippen molar-refractivity contribution in [2.45, 2.75) is 31.3 Å². The van der Waals surface area contributed by atoms with Crippen LogP contribution in [0, 0.1) is 10.1 Å². The molecule has 0 saturated heterocycles. The smallest absolute Gasteiger partial charge is 0.421 e. The van der Waals surface area contributed by atoms with Crippen LogP contribution in [0.5, 0.6) is 0 Å². The summed E-state index contributed by atoms with van der Waals surface area (Å²) in [6, 6.07) is 4.70. The van der Waals surface area contributed by atoms with Gasteiger partial charge in [0.15, 0.2) is 4.90 Å². The molecule has 0 heterocycles. The van der Waals surface area contributed by atoms with Crippen molar-refractivity contribution in [3.8, 4) is 0 Å². The number of nitrogens with zero attached hydrogens (tertiary/aromatic N) is 1. The van der Waals surface area contributed by atoms with E-state index in [1.807, 2.05) is 0 Å². The van der Waals surface area contributed by atoms with Crippen molar-refractivity contribution in [1.29, 1.82) is 0 Å². The molecule has 1 N–H and O–H groups in total. The normalized spacial score (nSPS) is 11.8. The Bertz CT molecular complexity index is 633. The first-order valence-electron chi connectivity index (χ1n) is 5.52. The molecule has 0 unspecified atom stereocenters. The van der Waals surface area contributed by atoms with Gasteiger partial charge >= 0.3 is 6.09 Å². The predicted octanol–water partition coefficient (Wildman–Crippen LogP) is 1.81. The van der Waals surface area contributed by atoms with Gasteiger partial charge in [-0.05, 0) is 26.8 Å². The monoisotopic (exact) mass is 303 g/mol. The van der Waals surface area contributed by atoms with Gasteiger partial charge < -0.3 is 4.74 Å². The number of sulfonamides is 1. The van der Waals surface area contributed by atoms with Crippen LogP contribution in [0.15, 0.2) is 29.2 Å². The number of rotatable bonds is 3. The molecule has 110 valence electrons. The van der Waals surface area contributed by atoms with E-state index in [9.17, 15) is 23.3 Å². The van der Waals surface area contributed by atoms with Gasteiger partial charge in [-0.25, -0.2) is 17.9 Å². The highest BCUT2D eigenvalue weighted by Crippen LogP contribution is 2.22. The Morgan fingerprint density at radius 1 is 1.30 bits per heavy atom. The Morgan fingerprint density at radius 2 is 1.85 bits per heavy atom. The molecule has 0 spiro atoms. The Labute approximate surface area is 115 Å². The molecule has 0 aliphatic carbocycles. The lowest BCUT2D eigenvalue weighted by Crippen LogP contribution is -2.36. The molecule has 0 bridgehead atoms. The summed E-state index contributed by atoms with van der Waals surface area (Å²) in [6.07, 6.45) is -1.20. The van der Waals surface area contributed by atoms with Crippen molar-refractivity contribution in [3.05, 3.63) is 34.4 Å². The van der Waals surface area contributed by atoms with Gasteiger partial charge in [0.25, 0.3) is 15.7 Å². The van der Waals surface area contributed by atoms with Gasteiger partial charge in [0.05, 0.1) is 4.92 Å². The number of nitro benzene ring substituents is 1. The van der Waals surface area contributed by atoms with E-state index >= 15 is 0 Å². The molecule has 1 amide bonds. The minimum Gasteiger partial charge on any atom is -0.443 e. The van der Waals surface area contributed by atoms with Crippen LogP contribution >= 0.6 is 0 Å². The zero-order valence-electron chi connectivity index (χ0n) is 11.1. The van der Waals surface area contributed by atoms with E-state index in [1.54, 1.807) is 25.5 Å². The number of carbonyl (C=O) groups is 1. The van der Waals surface area contributed by atoms with E-state index < -0.39 is 37.2 Å². The predicted molar refractivity (Wildman–Crippen MR) is 69.7 cm³/mol. The van der Waals surface area contributed by atoms with Crippen LogP contribution < -0.4 is 4.72 Å². The first-order valence-corrected chi connectivity index (χ1v) is 7.00. The zero-order chi connectivity index (χ0) is 15.6. The number of nitrogens with one attached hydrogen (secondary N) is 1. The topological polar surface area (TPSA) is 116 Å². The lowest BCUT2D eigenvalue weighted by Gasteiger charge is -2.19. The molecule has 0 atom stereocenters. The van der Waals surface area contributed by atoms with Gasteiger partial charge in [0, 0.05) is 6.07 Å². The van der Waals surface area contributed by atoms with Gasteiger partial charge in [0.2, 0.25) is 0 Å². The number of para-hydroxylation sites is 1. The molecular formula is C11H14N2O6S. The summed E-state index contributed by atoms with van der Waals surface area (Å²) in [5.74, 6) is 0. The van der Waals surface area contributed by atoms with Gasteiger partial charge in [-0.2, -0.15) is 0 Å². The van der Waals surface area contributed by atoms with Crippen molar-refractivity contribution in [3.63, 3.8) is 0 Å². The van der Waals surface area contributed by atoms with Crippen molar-refractivity contribution >= 4 is 21.8 Å². The molecular weight excluding hydrogens is 289 g/mol. The van der Waals surface area contributed by atoms with Crippen molar-refractivity contribution in [1.82, 2.24) is 4.72 Å². The van der Waals surface area contributed by atoms with E-state index in [2.05, 4.69) is 0 Å². The summed E-state index contributed by atoms with van der Waals surface area (Å²) in [7, 11) is -4.37. The van der Waals surface area contributed by atoms with Crippen molar-refractivity contribution in [2.24, 2.45) is 0 Å². The minimum atomic E-state index is -4.37. The molecule has 0 saturated carbocycles. The third kappa shape index (κ3) is 4.19. The maximum absolute atomic E-state index is 11.9. The van der Waals surface area contributed by atoms with Gasteiger partial charge in [-0.3, -0.25) is 10.1 Å². The molecule has 9 heteroatoms. The first-order chi connectivity index (χ1) is 9.03. The Morgan fingerprint density at radius 3 is 2.35 bits per heavy atom. The summed E-state index contributed by atoms with van der Waals surface area (Å²) in [5, 5.41) is 10.8. The maximum Gasteiger partial charge on any atom is 0.421 e.